The minimum atomic E-state index is -3.48. The SMILES string of the molecule is CCOc1cc(C[C@@H]2CS(=O)(=O)C[C@H](NCc3cccc(C(C)(C)C)c3)[C@H]2O)cc(F)c1[N+](=O)[O-]. The number of aliphatic hydroxyl groups excluding tert-OH is 1. The number of aliphatic hydroxyl groups is 1. The Morgan fingerprint density at radius 1 is 1.20 bits per heavy atom. The van der Waals surface area contributed by atoms with E-state index in [2.05, 4.69) is 32.2 Å². The number of nitrogens with one attached hydrogen (secondary N) is 1. The molecule has 0 bridgehead atoms. The zero-order chi connectivity index (χ0) is 26.0. The number of sulfone groups is 1. The standard InChI is InChI=1S/C25H33FN2O6S/c1-5-34-22-12-17(11-20(26)23(22)28(30)31)9-18-14-35(32,33)15-21(24(18)29)27-13-16-7-6-8-19(10-16)25(2,3)4/h6-8,10-12,18,21,24,27,29H,5,9,13-15H2,1-4H3/t18-,21+,24+/m1/s1. The summed E-state index contributed by atoms with van der Waals surface area (Å²) in [6.07, 6.45) is -0.967. The van der Waals surface area contributed by atoms with Crippen LogP contribution in [0.1, 0.15) is 44.4 Å². The van der Waals surface area contributed by atoms with Gasteiger partial charge in [-0.2, -0.15) is 4.39 Å². The van der Waals surface area contributed by atoms with E-state index in [0.717, 1.165) is 17.2 Å². The Morgan fingerprint density at radius 3 is 2.54 bits per heavy atom. The molecule has 3 atom stereocenters. The lowest BCUT2D eigenvalue weighted by atomic mass is 9.86. The molecule has 1 aliphatic heterocycles. The Balaban J connectivity index is 1.79. The number of ether oxygens (including phenoxy) is 1. The predicted molar refractivity (Wildman–Crippen MR) is 132 cm³/mol. The summed E-state index contributed by atoms with van der Waals surface area (Å²) in [5.41, 5.74) is 1.66. The van der Waals surface area contributed by atoms with Gasteiger partial charge < -0.3 is 15.2 Å². The minimum Gasteiger partial charge on any atom is -0.487 e. The lowest BCUT2D eigenvalue weighted by Crippen LogP contribution is -2.54. The van der Waals surface area contributed by atoms with Crippen LogP contribution in [0.4, 0.5) is 10.1 Å². The van der Waals surface area contributed by atoms with Gasteiger partial charge in [0.25, 0.3) is 0 Å². The summed E-state index contributed by atoms with van der Waals surface area (Å²) in [7, 11) is -3.48. The molecule has 1 heterocycles. The predicted octanol–water partition coefficient (Wildman–Crippen LogP) is 3.54. The molecule has 0 unspecified atom stereocenters. The molecule has 0 aromatic heterocycles. The van der Waals surface area contributed by atoms with Crippen molar-refractivity contribution in [2.75, 3.05) is 18.1 Å². The Labute approximate surface area is 205 Å². The number of hydrogen-bond donors (Lipinski definition) is 2. The third-order valence-electron chi connectivity index (χ3n) is 6.23. The molecule has 0 aliphatic carbocycles. The lowest BCUT2D eigenvalue weighted by Gasteiger charge is -2.35. The van der Waals surface area contributed by atoms with Crippen molar-refractivity contribution in [3.8, 4) is 5.75 Å². The first kappa shape index (κ1) is 27.0. The monoisotopic (exact) mass is 508 g/mol. The van der Waals surface area contributed by atoms with Gasteiger partial charge >= 0.3 is 5.69 Å². The number of nitro benzene ring substituents is 1. The molecule has 0 radical (unpaired) electrons. The van der Waals surface area contributed by atoms with Crippen molar-refractivity contribution in [3.63, 3.8) is 0 Å². The van der Waals surface area contributed by atoms with Gasteiger partial charge in [-0.1, -0.05) is 45.0 Å². The Hall–Kier alpha value is -2.56. The van der Waals surface area contributed by atoms with Crippen molar-refractivity contribution in [2.24, 2.45) is 5.92 Å². The maximum absolute atomic E-state index is 14.5. The molecule has 35 heavy (non-hydrogen) atoms. The van der Waals surface area contributed by atoms with E-state index in [1.165, 1.54) is 6.07 Å². The molecule has 1 aliphatic rings. The van der Waals surface area contributed by atoms with Gasteiger partial charge in [0.15, 0.2) is 9.84 Å². The molecule has 0 saturated carbocycles. The number of benzene rings is 2. The zero-order valence-corrected chi connectivity index (χ0v) is 21.3. The smallest absolute Gasteiger partial charge is 0.346 e. The Kier molecular flexibility index (Phi) is 8.18. The quantitative estimate of drug-likeness (QED) is 0.414. The molecule has 2 aromatic carbocycles. The van der Waals surface area contributed by atoms with Crippen LogP contribution in [0.25, 0.3) is 0 Å². The van der Waals surface area contributed by atoms with Gasteiger partial charge in [-0.15, -0.1) is 0 Å². The zero-order valence-electron chi connectivity index (χ0n) is 20.5. The highest BCUT2D eigenvalue weighted by molar-refractivity contribution is 7.91. The normalized spacial score (nSPS) is 22.1. The topological polar surface area (TPSA) is 119 Å². The van der Waals surface area contributed by atoms with Crippen LogP contribution in [0.5, 0.6) is 5.75 Å². The van der Waals surface area contributed by atoms with Crippen molar-refractivity contribution in [2.45, 2.75) is 58.2 Å². The van der Waals surface area contributed by atoms with Gasteiger partial charge in [-0.05, 0) is 47.6 Å². The number of hydrogen-bond acceptors (Lipinski definition) is 7. The lowest BCUT2D eigenvalue weighted by molar-refractivity contribution is -0.388. The Morgan fingerprint density at radius 2 is 1.91 bits per heavy atom. The van der Waals surface area contributed by atoms with E-state index in [4.69, 9.17) is 4.74 Å². The molecule has 2 aromatic rings. The maximum atomic E-state index is 14.5. The molecule has 1 saturated heterocycles. The van der Waals surface area contributed by atoms with Crippen LogP contribution in [-0.2, 0) is 28.2 Å². The van der Waals surface area contributed by atoms with Gasteiger partial charge in [0, 0.05) is 18.5 Å². The minimum absolute atomic E-state index is 0.0326. The molecule has 0 spiro atoms. The van der Waals surface area contributed by atoms with E-state index < -0.39 is 44.3 Å². The second-order valence-corrected chi connectivity index (χ2v) is 12.2. The summed E-state index contributed by atoms with van der Waals surface area (Å²) in [4.78, 5) is 10.4. The summed E-state index contributed by atoms with van der Waals surface area (Å²) < 4.78 is 45.0. The average Bonchev–Trinajstić information content (AvgIpc) is 2.74. The first-order valence-corrected chi connectivity index (χ1v) is 13.4. The van der Waals surface area contributed by atoms with E-state index in [1.807, 2.05) is 18.2 Å². The van der Waals surface area contributed by atoms with Crippen LogP contribution in [0.15, 0.2) is 36.4 Å². The van der Waals surface area contributed by atoms with Gasteiger partial charge in [0.2, 0.25) is 11.6 Å². The van der Waals surface area contributed by atoms with E-state index in [-0.39, 0.29) is 35.7 Å². The molecular formula is C25H33FN2O6S. The number of rotatable bonds is 8. The van der Waals surface area contributed by atoms with Crippen molar-refractivity contribution in [3.05, 3.63) is 69.0 Å². The summed E-state index contributed by atoms with van der Waals surface area (Å²) in [5.74, 6) is -2.44. The van der Waals surface area contributed by atoms with Crippen molar-refractivity contribution < 1.29 is 27.6 Å². The van der Waals surface area contributed by atoms with E-state index in [1.54, 1.807) is 6.92 Å². The van der Waals surface area contributed by atoms with Crippen LogP contribution in [0, 0.1) is 21.8 Å². The second kappa shape index (κ2) is 10.6. The molecule has 0 amide bonds. The summed E-state index contributed by atoms with van der Waals surface area (Å²) >= 11 is 0. The van der Waals surface area contributed by atoms with Gasteiger partial charge in [0.05, 0.1) is 29.1 Å². The first-order valence-electron chi connectivity index (χ1n) is 11.6. The highest BCUT2D eigenvalue weighted by Gasteiger charge is 2.39. The highest BCUT2D eigenvalue weighted by atomic mass is 32.2. The summed E-state index contributed by atoms with van der Waals surface area (Å²) in [5, 5.41) is 25.4. The number of nitrogens with zero attached hydrogens (tertiary/aromatic N) is 1. The molecule has 1 fully saturated rings. The van der Waals surface area contributed by atoms with Crippen molar-refractivity contribution >= 4 is 15.5 Å². The number of halogens is 1. The Bertz CT molecular complexity index is 1180. The van der Waals surface area contributed by atoms with Gasteiger partial charge in [-0.25, -0.2) is 8.42 Å². The van der Waals surface area contributed by atoms with E-state index in [0.29, 0.717) is 12.1 Å². The second-order valence-electron chi connectivity index (χ2n) is 10.1. The average molecular weight is 509 g/mol. The molecular weight excluding hydrogens is 475 g/mol. The molecule has 2 N–H and O–H groups in total. The fourth-order valence-corrected chi connectivity index (χ4v) is 6.41. The van der Waals surface area contributed by atoms with Crippen LogP contribution in [-0.4, -0.2) is 48.7 Å². The number of nitro groups is 1. The van der Waals surface area contributed by atoms with Crippen LogP contribution in [0.2, 0.25) is 0 Å². The van der Waals surface area contributed by atoms with Gasteiger partial charge in [-0.3, -0.25) is 10.1 Å². The maximum Gasteiger partial charge on any atom is 0.346 e. The molecule has 3 rings (SSSR count). The van der Waals surface area contributed by atoms with Crippen molar-refractivity contribution in [1.82, 2.24) is 5.32 Å². The third-order valence-corrected chi connectivity index (χ3v) is 8.03. The molecule has 10 heteroatoms. The van der Waals surface area contributed by atoms with E-state index >= 15 is 0 Å². The summed E-state index contributed by atoms with van der Waals surface area (Å²) in [6, 6.07) is 9.65. The van der Waals surface area contributed by atoms with E-state index in [9.17, 15) is 28.0 Å². The van der Waals surface area contributed by atoms with Crippen LogP contribution >= 0.6 is 0 Å². The van der Waals surface area contributed by atoms with Crippen LogP contribution < -0.4 is 10.1 Å². The fraction of sp³-hybridized carbons (Fsp3) is 0.520. The summed E-state index contributed by atoms with van der Waals surface area (Å²) in [6.45, 7) is 8.44. The van der Waals surface area contributed by atoms with Crippen molar-refractivity contribution in [1.29, 1.82) is 0 Å². The fourth-order valence-electron chi connectivity index (χ4n) is 4.44. The largest absolute Gasteiger partial charge is 0.487 e. The third kappa shape index (κ3) is 6.77. The molecule has 192 valence electrons. The van der Waals surface area contributed by atoms with Gasteiger partial charge in [0.1, 0.15) is 0 Å². The highest BCUT2D eigenvalue weighted by Crippen LogP contribution is 2.33. The molecule has 8 nitrogen and oxygen atoms in total. The first-order chi connectivity index (χ1) is 16.3. The van der Waals surface area contributed by atoms with Crippen LogP contribution in [0.3, 0.4) is 0 Å².